The average Bonchev–Trinajstić information content (AvgIpc) is 3.32. The summed E-state index contributed by atoms with van der Waals surface area (Å²) in [5, 5.41) is 32.9. The molecule has 3 N–H and O–H groups in total. The van der Waals surface area contributed by atoms with Crippen molar-refractivity contribution in [2.45, 2.75) is 81.5 Å². The number of rotatable bonds is 5. The van der Waals surface area contributed by atoms with Crippen LogP contribution in [-0.4, -0.2) is 107 Å². The summed E-state index contributed by atoms with van der Waals surface area (Å²) < 4.78 is 17.9. The Bertz CT molecular complexity index is 706. The van der Waals surface area contributed by atoms with E-state index in [1.165, 1.54) is 0 Å². The Morgan fingerprint density at radius 3 is 2.68 bits per heavy atom. The zero-order chi connectivity index (χ0) is 22.2. The summed E-state index contributed by atoms with van der Waals surface area (Å²) in [5.41, 5.74) is 0. The van der Waals surface area contributed by atoms with Crippen LogP contribution < -0.4 is 5.32 Å². The van der Waals surface area contributed by atoms with E-state index in [9.17, 15) is 15.0 Å². The van der Waals surface area contributed by atoms with Gasteiger partial charge in [0.2, 0.25) is 11.7 Å². The summed E-state index contributed by atoms with van der Waals surface area (Å²) in [6.07, 6.45) is 0.563. The normalized spacial score (nSPS) is 38.7. The van der Waals surface area contributed by atoms with Gasteiger partial charge in [0.1, 0.15) is 24.4 Å². The monoisotopic (exact) mass is 438 g/mol. The molecule has 4 saturated heterocycles. The van der Waals surface area contributed by atoms with E-state index in [0.717, 1.165) is 38.8 Å². The molecule has 0 saturated carbocycles. The number of aliphatic hydroxyl groups is 2. The molecule has 5 atom stereocenters. The Hall–Kier alpha value is -1.32. The van der Waals surface area contributed by atoms with E-state index in [-0.39, 0.29) is 31.1 Å². The van der Waals surface area contributed by atoms with Gasteiger partial charge in [-0.3, -0.25) is 9.69 Å². The van der Waals surface area contributed by atoms with Gasteiger partial charge in [-0.2, -0.15) is 5.26 Å². The number of carbonyl (C=O) groups excluding carboxylic acids is 1. The maximum atomic E-state index is 12.4. The summed E-state index contributed by atoms with van der Waals surface area (Å²) in [5.74, 6) is -2.03. The lowest BCUT2D eigenvalue weighted by Crippen LogP contribution is -2.64. The van der Waals surface area contributed by atoms with Gasteiger partial charge in [0, 0.05) is 12.6 Å². The van der Waals surface area contributed by atoms with E-state index in [2.05, 4.69) is 16.3 Å². The highest BCUT2D eigenvalue weighted by atomic mass is 16.8. The van der Waals surface area contributed by atoms with Gasteiger partial charge in [-0.15, -0.1) is 0 Å². The van der Waals surface area contributed by atoms with Gasteiger partial charge in [0.15, 0.2) is 5.79 Å². The molecule has 10 nitrogen and oxygen atoms in total. The number of nitrogens with one attached hydrogen (secondary N) is 1. The predicted octanol–water partition coefficient (Wildman–Crippen LogP) is -0.845. The number of hydrogen-bond donors (Lipinski definition) is 3. The Morgan fingerprint density at radius 1 is 1.23 bits per heavy atom. The highest BCUT2D eigenvalue weighted by Gasteiger charge is 2.61. The molecule has 4 aliphatic rings. The molecule has 174 valence electrons. The third-order valence-corrected chi connectivity index (χ3v) is 6.76. The molecule has 10 heteroatoms. The summed E-state index contributed by atoms with van der Waals surface area (Å²) in [6.45, 7) is 6.49. The summed E-state index contributed by atoms with van der Waals surface area (Å²) in [4.78, 5) is 16.3. The fraction of sp³-hybridized carbons (Fsp3) is 0.905. The zero-order valence-corrected chi connectivity index (χ0v) is 18.3. The number of aliphatic hydroxyl groups excluding tert-OH is 2. The van der Waals surface area contributed by atoms with Crippen molar-refractivity contribution in [3.05, 3.63) is 0 Å². The van der Waals surface area contributed by atoms with Crippen molar-refractivity contribution in [2.75, 3.05) is 39.3 Å². The fourth-order valence-electron chi connectivity index (χ4n) is 5.17. The van der Waals surface area contributed by atoms with Crippen LogP contribution >= 0.6 is 0 Å². The maximum Gasteiger partial charge on any atom is 0.237 e. The molecule has 4 fully saturated rings. The molecule has 0 bridgehead atoms. The molecule has 0 aromatic rings. The molecule has 0 radical (unpaired) electrons. The quantitative estimate of drug-likeness (QED) is 0.503. The molecule has 31 heavy (non-hydrogen) atoms. The number of likely N-dealkylation sites (tertiary alicyclic amines) is 2. The van der Waals surface area contributed by atoms with Crippen LogP contribution in [-0.2, 0) is 19.0 Å². The van der Waals surface area contributed by atoms with Gasteiger partial charge in [-0.1, -0.05) is 0 Å². The molecule has 0 unspecified atom stereocenters. The molecule has 0 aromatic heterocycles. The number of amides is 1. The first-order valence-corrected chi connectivity index (χ1v) is 11.3. The molecule has 1 amide bonds. The zero-order valence-electron chi connectivity index (χ0n) is 18.3. The van der Waals surface area contributed by atoms with Crippen molar-refractivity contribution in [1.29, 1.82) is 5.26 Å². The minimum Gasteiger partial charge on any atom is -0.388 e. The molecule has 4 heterocycles. The van der Waals surface area contributed by atoms with Gasteiger partial charge >= 0.3 is 0 Å². The van der Waals surface area contributed by atoms with E-state index in [1.54, 1.807) is 18.7 Å². The lowest BCUT2D eigenvalue weighted by Gasteiger charge is -2.44. The number of nitriles is 1. The van der Waals surface area contributed by atoms with Gasteiger partial charge in [-0.25, -0.2) is 0 Å². The van der Waals surface area contributed by atoms with Gasteiger partial charge in [0.25, 0.3) is 0 Å². The Balaban J connectivity index is 1.27. The second kappa shape index (κ2) is 8.90. The van der Waals surface area contributed by atoms with Crippen molar-refractivity contribution < 1.29 is 29.2 Å². The van der Waals surface area contributed by atoms with E-state index >= 15 is 0 Å². The number of ether oxygens (including phenoxy) is 3. The Labute approximate surface area is 183 Å². The van der Waals surface area contributed by atoms with Crippen molar-refractivity contribution in [1.82, 2.24) is 15.1 Å². The number of piperidine rings is 1. The van der Waals surface area contributed by atoms with Gasteiger partial charge in [0.05, 0.1) is 25.8 Å². The summed E-state index contributed by atoms with van der Waals surface area (Å²) >= 11 is 0. The van der Waals surface area contributed by atoms with Crippen molar-refractivity contribution in [2.24, 2.45) is 0 Å². The maximum absolute atomic E-state index is 12.4. The van der Waals surface area contributed by atoms with E-state index in [1.807, 2.05) is 0 Å². The minimum absolute atomic E-state index is 0.00255. The first-order chi connectivity index (χ1) is 14.7. The van der Waals surface area contributed by atoms with E-state index in [4.69, 9.17) is 19.5 Å². The molecular weight excluding hydrogens is 404 g/mol. The lowest BCUT2D eigenvalue weighted by molar-refractivity contribution is -0.297. The molecule has 0 aromatic carbocycles. The van der Waals surface area contributed by atoms with Gasteiger partial charge in [-0.05, 0) is 52.6 Å². The van der Waals surface area contributed by atoms with Crippen LogP contribution in [0.5, 0.6) is 0 Å². The molecule has 0 spiro atoms. The minimum atomic E-state index is -1.11. The van der Waals surface area contributed by atoms with Crippen LogP contribution in [0.25, 0.3) is 0 Å². The Morgan fingerprint density at radius 2 is 1.97 bits per heavy atom. The number of nitrogens with zero attached hydrogens (tertiary/aromatic N) is 3. The molecule has 4 rings (SSSR count). The SMILES string of the molecule is CC1(C)O[C@H]2[C@H](O)[C@H](O)CO[C@@]2(CN2CCC(NCC(=O)N3CCC[C@H]3C#N)CC2)O1. The first kappa shape index (κ1) is 22.9. The van der Waals surface area contributed by atoms with Crippen LogP contribution in [0.2, 0.25) is 0 Å². The molecular formula is C21H34N4O6. The second-order valence-corrected chi connectivity index (χ2v) is 9.53. The Kier molecular flexibility index (Phi) is 6.57. The molecule has 0 aliphatic carbocycles. The summed E-state index contributed by atoms with van der Waals surface area (Å²) in [7, 11) is 0. The van der Waals surface area contributed by atoms with E-state index in [0.29, 0.717) is 13.1 Å². The van der Waals surface area contributed by atoms with Crippen LogP contribution in [0, 0.1) is 11.3 Å². The largest absolute Gasteiger partial charge is 0.388 e. The second-order valence-electron chi connectivity index (χ2n) is 9.53. The topological polar surface area (TPSA) is 128 Å². The standard InChI is InChI=1S/C21H34N4O6/c1-20(2)30-19-18(28)16(26)12-29-21(19,31-20)13-24-8-5-14(6-9-24)23-11-17(27)25-7-3-4-15(25)10-22/h14-16,18-19,23,26,28H,3-9,11-13H2,1-2H3/t15-,16+,18+,19-,21-/m0/s1. The van der Waals surface area contributed by atoms with Gasteiger partial charge < -0.3 is 34.6 Å². The smallest absolute Gasteiger partial charge is 0.237 e. The predicted molar refractivity (Wildman–Crippen MR) is 109 cm³/mol. The third-order valence-electron chi connectivity index (χ3n) is 6.76. The molecule has 4 aliphatic heterocycles. The number of hydrogen-bond acceptors (Lipinski definition) is 9. The highest BCUT2D eigenvalue weighted by Crippen LogP contribution is 2.43. The summed E-state index contributed by atoms with van der Waals surface area (Å²) in [6, 6.07) is 2.15. The first-order valence-electron chi connectivity index (χ1n) is 11.3. The number of carbonyl (C=O) groups is 1. The van der Waals surface area contributed by atoms with Crippen LogP contribution in [0.1, 0.15) is 39.5 Å². The van der Waals surface area contributed by atoms with Crippen molar-refractivity contribution in [3.63, 3.8) is 0 Å². The fourth-order valence-corrected chi connectivity index (χ4v) is 5.17. The van der Waals surface area contributed by atoms with E-state index < -0.39 is 29.9 Å². The number of fused-ring (bicyclic) bond motifs is 1. The van der Waals surface area contributed by atoms with Crippen LogP contribution in [0.15, 0.2) is 0 Å². The van der Waals surface area contributed by atoms with Crippen molar-refractivity contribution in [3.8, 4) is 6.07 Å². The van der Waals surface area contributed by atoms with Crippen LogP contribution in [0.3, 0.4) is 0 Å². The lowest BCUT2D eigenvalue weighted by atomic mass is 9.95. The average molecular weight is 439 g/mol. The van der Waals surface area contributed by atoms with Crippen molar-refractivity contribution >= 4 is 5.91 Å². The highest BCUT2D eigenvalue weighted by molar-refractivity contribution is 5.79. The van der Waals surface area contributed by atoms with Crippen LogP contribution in [0.4, 0.5) is 0 Å². The third kappa shape index (κ3) is 4.73.